The maximum Gasteiger partial charge on any atom is 0.239 e. The van der Waals surface area contributed by atoms with Gasteiger partial charge in [0.1, 0.15) is 5.82 Å². The van der Waals surface area contributed by atoms with Gasteiger partial charge in [0.15, 0.2) is 0 Å². The van der Waals surface area contributed by atoms with Crippen LogP contribution in [0.3, 0.4) is 0 Å². The van der Waals surface area contributed by atoms with E-state index >= 15 is 0 Å². The predicted molar refractivity (Wildman–Crippen MR) is 63.8 cm³/mol. The zero-order chi connectivity index (χ0) is 12.8. The van der Waals surface area contributed by atoms with Gasteiger partial charge in [-0.3, -0.25) is 9.78 Å². The maximum absolute atomic E-state index is 12.9. The molecule has 0 fully saturated rings. The normalized spacial score (nSPS) is 12.2. The van der Waals surface area contributed by atoms with Crippen LogP contribution < -0.4 is 5.32 Å². The van der Waals surface area contributed by atoms with Crippen LogP contribution in [0, 0.1) is 5.82 Å². The molecule has 1 heterocycles. The quantitative estimate of drug-likeness (QED) is 0.839. The highest BCUT2D eigenvalue weighted by Crippen LogP contribution is 2.01. The smallest absolute Gasteiger partial charge is 0.239 e. The highest BCUT2D eigenvalue weighted by atomic mass is 19.1. The Morgan fingerprint density at radius 2 is 2.29 bits per heavy atom. The molecule has 4 nitrogen and oxygen atoms in total. The van der Waals surface area contributed by atoms with Gasteiger partial charge in [-0.1, -0.05) is 0 Å². The van der Waals surface area contributed by atoms with Crippen molar-refractivity contribution in [1.82, 2.24) is 15.2 Å². The zero-order valence-corrected chi connectivity index (χ0v) is 10.4. The summed E-state index contributed by atoms with van der Waals surface area (Å²) in [5.74, 6) is -0.342. The number of nitrogens with zero attached hydrogens (tertiary/aromatic N) is 2. The first-order valence-electron chi connectivity index (χ1n) is 5.62. The number of amides is 1. The number of carbonyl (C=O) groups is 1. The SMILES string of the molecule is CCN(C)C(=O)C(C)NCc1cncc(F)c1. The lowest BCUT2D eigenvalue weighted by atomic mass is 10.2. The number of aromatic nitrogens is 1. The molecule has 94 valence electrons. The number of carbonyl (C=O) groups excluding carboxylic acids is 1. The summed E-state index contributed by atoms with van der Waals surface area (Å²) in [5, 5.41) is 3.04. The van der Waals surface area contributed by atoms with Gasteiger partial charge in [0.2, 0.25) is 5.91 Å². The van der Waals surface area contributed by atoms with Gasteiger partial charge in [-0.2, -0.15) is 0 Å². The van der Waals surface area contributed by atoms with E-state index in [1.807, 2.05) is 6.92 Å². The van der Waals surface area contributed by atoms with Crippen LogP contribution in [0.2, 0.25) is 0 Å². The average molecular weight is 239 g/mol. The number of likely N-dealkylation sites (N-methyl/N-ethyl adjacent to an activating group) is 1. The van der Waals surface area contributed by atoms with Crippen molar-refractivity contribution in [1.29, 1.82) is 0 Å². The van der Waals surface area contributed by atoms with Crippen LogP contribution in [0.15, 0.2) is 18.5 Å². The van der Waals surface area contributed by atoms with E-state index in [4.69, 9.17) is 0 Å². The van der Waals surface area contributed by atoms with Crippen LogP contribution in [-0.2, 0) is 11.3 Å². The fourth-order valence-corrected chi connectivity index (χ4v) is 1.40. The first kappa shape index (κ1) is 13.6. The molecule has 1 unspecified atom stereocenters. The van der Waals surface area contributed by atoms with E-state index in [1.165, 1.54) is 6.07 Å². The third kappa shape index (κ3) is 4.11. The molecule has 0 spiro atoms. The molecule has 17 heavy (non-hydrogen) atoms. The number of hydrogen-bond acceptors (Lipinski definition) is 3. The second kappa shape index (κ2) is 6.30. The van der Waals surface area contributed by atoms with Gasteiger partial charge in [-0.15, -0.1) is 0 Å². The number of rotatable bonds is 5. The van der Waals surface area contributed by atoms with Crippen molar-refractivity contribution in [3.05, 3.63) is 29.8 Å². The third-order valence-electron chi connectivity index (χ3n) is 2.59. The van der Waals surface area contributed by atoms with Crippen molar-refractivity contribution in [2.75, 3.05) is 13.6 Å². The predicted octanol–water partition coefficient (Wildman–Crippen LogP) is 1.18. The molecule has 1 N–H and O–H groups in total. The summed E-state index contributed by atoms with van der Waals surface area (Å²) in [5.41, 5.74) is 0.726. The lowest BCUT2D eigenvalue weighted by Crippen LogP contribution is -2.42. The molecule has 0 radical (unpaired) electrons. The molecule has 1 aromatic heterocycles. The van der Waals surface area contributed by atoms with E-state index in [0.29, 0.717) is 13.1 Å². The molecule has 1 amide bonds. The van der Waals surface area contributed by atoms with Gasteiger partial charge in [0, 0.05) is 26.3 Å². The van der Waals surface area contributed by atoms with Crippen molar-refractivity contribution in [2.45, 2.75) is 26.4 Å². The molecule has 0 aromatic carbocycles. The van der Waals surface area contributed by atoms with E-state index in [2.05, 4.69) is 10.3 Å². The van der Waals surface area contributed by atoms with Crippen LogP contribution in [-0.4, -0.2) is 35.4 Å². The first-order valence-corrected chi connectivity index (χ1v) is 5.62. The van der Waals surface area contributed by atoms with Gasteiger partial charge in [-0.05, 0) is 25.5 Å². The standard InChI is InChI=1S/C12H18FN3O/c1-4-16(3)12(17)9(2)15-7-10-5-11(13)8-14-6-10/h5-6,8-9,15H,4,7H2,1-3H3. The maximum atomic E-state index is 12.9. The van der Waals surface area contributed by atoms with Crippen molar-refractivity contribution >= 4 is 5.91 Å². The van der Waals surface area contributed by atoms with Crippen LogP contribution >= 0.6 is 0 Å². The second-order valence-electron chi connectivity index (χ2n) is 3.97. The molecule has 0 saturated heterocycles. The van der Waals surface area contributed by atoms with E-state index in [0.717, 1.165) is 11.8 Å². The van der Waals surface area contributed by atoms with Gasteiger partial charge >= 0.3 is 0 Å². The summed E-state index contributed by atoms with van der Waals surface area (Å²) in [7, 11) is 1.75. The van der Waals surface area contributed by atoms with E-state index in [1.54, 1.807) is 25.1 Å². The Hall–Kier alpha value is -1.49. The van der Waals surface area contributed by atoms with Crippen molar-refractivity contribution < 1.29 is 9.18 Å². The van der Waals surface area contributed by atoms with Crippen molar-refractivity contribution in [3.8, 4) is 0 Å². The highest BCUT2D eigenvalue weighted by Gasteiger charge is 2.15. The second-order valence-corrected chi connectivity index (χ2v) is 3.97. The monoisotopic (exact) mass is 239 g/mol. The number of pyridine rings is 1. The molecule has 0 aliphatic heterocycles. The largest absolute Gasteiger partial charge is 0.345 e. The molecular weight excluding hydrogens is 221 g/mol. The van der Waals surface area contributed by atoms with Gasteiger partial charge in [-0.25, -0.2) is 4.39 Å². The van der Waals surface area contributed by atoms with Gasteiger partial charge in [0.05, 0.1) is 12.2 Å². The summed E-state index contributed by atoms with van der Waals surface area (Å²) < 4.78 is 12.9. The van der Waals surface area contributed by atoms with Crippen LogP contribution in [0.5, 0.6) is 0 Å². The fourth-order valence-electron chi connectivity index (χ4n) is 1.40. The van der Waals surface area contributed by atoms with Crippen molar-refractivity contribution in [3.63, 3.8) is 0 Å². The Morgan fingerprint density at radius 1 is 1.59 bits per heavy atom. The Kier molecular flexibility index (Phi) is 5.03. The molecule has 0 aliphatic carbocycles. The number of hydrogen-bond donors (Lipinski definition) is 1. The molecule has 1 atom stereocenters. The minimum Gasteiger partial charge on any atom is -0.345 e. The van der Waals surface area contributed by atoms with Crippen molar-refractivity contribution in [2.24, 2.45) is 0 Å². The highest BCUT2D eigenvalue weighted by molar-refractivity contribution is 5.81. The zero-order valence-electron chi connectivity index (χ0n) is 10.4. The number of nitrogens with one attached hydrogen (secondary N) is 1. The lowest BCUT2D eigenvalue weighted by molar-refractivity contribution is -0.131. The summed E-state index contributed by atoms with van der Waals surface area (Å²) in [6.45, 7) is 4.81. The van der Waals surface area contributed by atoms with Gasteiger partial charge < -0.3 is 10.2 Å². The molecule has 0 aliphatic rings. The van der Waals surface area contributed by atoms with E-state index in [-0.39, 0.29) is 17.8 Å². The minimum atomic E-state index is -0.367. The molecule has 1 rings (SSSR count). The molecule has 1 aromatic rings. The molecular formula is C12H18FN3O. The van der Waals surface area contributed by atoms with Crippen LogP contribution in [0.1, 0.15) is 19.4 Å². The first-order chi connectivity index (χ1) is 8.04. The Balaban J connectivity index is 2.48. The Bertz CT molecular complexity index is 384. The Morgan fingerprint density at radius 3 is 2.88 bits per heavy atom. The Labute approximate surface area is 101 Å². The number of halogens is 1. The fraction of sp³-hybridized carbons (Fsp3) is 0.500. The van der Waals surface area contributed by atoms with Crippen LogP contribution in [0.4, 0.5) is 4.39 Å². The molecule has 0 saturated carbocycles. The van der Waals surface area contributed by atoms with Crippen LogP contribution in [0.25, 0.3) is 0 Å². The van der Waals surface area contributed by atoms with E-state index < -0.39 is 0 Å². The summed E-state index contributed by atoms with van der Waals surface area (Å²) >= 11 is 0. The summed E-state index contributed by atoms with van der Waals surface area (Å²) in [6, 6.07) is 1.11. The van der Waals surface area contributed by atoms with E-state index in [9.17, 15) is 9.18 Å². The summed E-state index contributed by atoms with van der Waals surface area (Å²) in [4.78, 5) is 17.1. The topological polar surface area (TPSA) is 45.2 Å². The lowest BCUT2D eigenvalue weighted by Gasteiger charge is -2.20. The molecule has 5 heteroatoms. The van der Waals surface area contributed by atoms with Gasteiger partial charge in [0.25, 0.3) is 0 Å². The third-order valence-corrected chi connectivity index (χ3v) is 2.59. The average Bonchev–Trinajstić information content (AvgIpc) is 2.34. The summed E-state index contributed by atoms with van der Waals surface area (Å²) in [6.07, 6.45) is 2.74. The minimum absolute atomic E-state index is 0.0249. The molecule has 0 bridgehead atoms.